The minimum absolute atomic E-state index is 0.168. The van der Waals surface area contributed by atoms with Gasteiger partial charge in [-0.2, -0.15) is 0 Å². The fraction of sp³-hybridized carbons (Fsp3) is 0.130. The van der Waals surface area contributed by atoms with Gasteiger partial charge in [0.25, 0.3) is 5.56 Å². The van der Waals surface area contributed by atoms with E-state index in [1.807, 2.05) is 0 Å². The van der Waals surface area contributed by atoms with Crippen LogP contribution in [0.25, 0.3) is 16.6 Å². The number of carbonyl (C=O) groups excluding carboxylic acids is 1. The molecule has 0 radical (unpaired) electrons. The van der Waals surface area contributed by atoms with Gasteiger partial charge >= 0.3 is 5.69 Å². The molecule has 0 aliphatic carbocycles. The molecule has 0 aliphatic heterocycles. The summed E-state index contributed by atoms with van der Waals surface area (Å²) in [4.78, 5) is 43.4. The summed E-state index contributed by atoms with van der Waals surface area (Å²) in [6, 6.07) is 16.4. The van der Waals surface area contributed by atoms with E-state index in [2.05, 4.69) is 10.3 Å². The lowest BCUT2D eigenvalue weighted by Crippen LogP contribution is -2.43. The Morgan fingerprint density at radius 2 is 1.74 bits per heavy atom. The SMILES string of the molecule is CC(C(=O)NCc1ccccn1)n1c(=O)n(-c2ccccc2F)c(=O)c2ccccc21. The first-order valence-electron chi connectivity index (χ1n) is 9.68. The number of hydrogen-bond donors (Lipinski definition) is 1. The third kappa shape index (κ3) is 3.75. The van der Waals surface area contributed by atoms with Crippen molar-refractivity contribution in [3.05, 3.63) is 105 Å². The molecule has 1 atom stereocenters. The molecule has 7 nitrogen and oxygen atoms in total. The molecule has 0 saturated heterocycles. The Kier molecular flexibility index (Phi) is 5.44. The zero-order valence-corrected chi connectivity index (χ0v) is 16.7. The molecule has 156 valence electrons. The van der Waals surface area contributed by atoms with Crippen molar-refractivity contribution < 1.29 is 9.18 Å². The van der Waals surface area contributed by atoms with E-state index in [9.17, 15) is 18.8 Å². The van der Waals surface area contributed by atoms with Gasteiger partial charge in [0, 0.05) is 6.20 Å². The molecular weight excluding hydrogens is 399 g/mol. The van der Waals surface area contributed by atoms with Crippen molar-refractivity contribution in [1.29, 1.82) is 0 Å². The number of carbonyl (C=O) groups is 1. The van der Waals surface area contributed by atoms with Crippen LogP contribution in [-0.2, 0) is 11.3 Å². The number of rotatable bonds is 5. The van der Waals surface area contributed by atoms with Gasteiger partial charge in [0.1, 0.15) is 11.9 Å². The van der Waals surface area contributed by atoms with Crippen LogP contribution >= 0.6 is 0 Å². The topological polar surface area (TPSA) is 86.0 Å². The monoisotopic (exact) mass is 418 g/mol. The third-order valence-electron chi connectivity index (χ3n) is 5.02. The van der Waals surface area contributed by atoms with E-state index in [0.29, 0.717) is 11.2 Å². The van der Waals surface area contributed by atoms with Gasteiger partial charge in [0.05, 0.1) is 28.8 Å². The number of halogens is 1. The summed E-state index contributed by atoms with van der Waals surface area (Å²) in [7, 11) is 0. The Hall–Kier alpha value is -4.07. The van der Waals surface area contributed by atoms with Crippen molar-refractivity contribution in [3.63, 3.8) is 0 Å². The van der Waals surface area contributed by atoms with E-state index in [1.165, 1.54) is 28.8 Å². The summed E-state index contributed by atoms with van der Waals surface area (Å²) >= 11 is 0. The molecule has 0 spiro atoms. The van der Waals surface area contributed by atoms with Crippen LogP contribution in [0, 0.1) is 5.82 Å². The number of nitrogens with zero attached hydrogens (tertiary/aromatic N) is 3. The predicted molar refractivity (Wildman–Crippen MR) is 115 cm³/mol. The van der Waals surface area contributed by atoms with Crippen LogP contribution in [0.5, 0.6) is 0 Å². The number of fused-ring (bicyclic) bond motifs is 1. The smallest absolute Gasteiger partial charge is 0.336 e. The molecule has 1 unspecified atom stereocenters. The predicted octanol–water partition coefficient (Wildman–Crippen LogP) is 2.56. The second-order valence-corrected chi connectivity index (χ2v) is 6.98. The number of para-hydroxylation sites is 2. The van der Waals surface area contributed by atoms with Crippen LogP contribution in [0.1, 0.15) is 18.7 Å². The summed E-state index contributed by atoms with van der Waals surface area (Å²) in [6.07, 6.45) is 1.62. The molecule has 4 aromatic rings. The van der Waals surface area contributed by atoms with E-state index in [4.69, 9.17) is 0 Å². The second kappa shape index (κ2) is 8.35. The van der Waals surface area contributed by atoms with Gasteiger partial charge in [0.2, 0.25) is 5.91 Å². The highest BCUT2D eigenvalue weighted by molar-refractivity contribution is 5.84. The van der Waals surface area contributed by atoms with Crippen LogP contribution in [-0.4, -0.2) is 20.0 Å². The number of hydrogen-bond acceptors (Lipinski definition) is 4. The van der Waals surface area contributed by atoms with Crippen molar-refractivity contribution in [1.82, 2.24) is 19.4 Å². The van der Waals surface area contributed by atoms with E-state index < -0.39 is 29.0 Å². The van der Waals surface area contributed by atoms with Crippen LogP contribution in [0.15, 0.2) is 82.5 Å². The molecule has 4 rings (SSSR count). The van der Waals surface area contributed by atoms with Gasteiger partial charge < -0.3 is 5.32 Å². The van der Waals surface area contributed by atoms with Crippen LogP contribution in [0.4, 0.5) is 4.39 Å². The van der Waals surface area contributed by atoms with Gasteiger partial charge in [-0.25, -0.2) is 13.8 Å². The maximum absolute atomic E-state index is 14.4. The largest absolute Gasteiger partial charge is 0.349 e. The molecule has 0 saturated carbocycles. The quantitative estimate of drug-likeness (QED) is 0.540. The number of amides is 1. The van der Waals surface area contributed by atoms with Gasteiger partial charge in [-0.1, -0.05) is 30.3 Å². The highest BCUT2D eigenvalue weighted by atomic mass is 19.1. The summed E-state index contributed by atoms with van der Waals surface area (Å²) in [5.74, 6) is -1.15. The zero-order chi connectivity index (χ0) is 22.0. The second-order valence-electron chi connectivity index (χ2n) is 6.98. The summed E-state index contributed by atoms with van der Waals surface area (Å²) in [5.41, 5.74) is -0.655. The summed E-state index contributed by atoms with van der Waals surface area (Å²) in [6.45, 7) is 1.74. The Morgan fingerprint density at radius 1 is 1.03 bits per heavy atom. The standard InChI is InChI=1S/C23H19FN4O3/c1-15(21(29)26-14-16-8-6-7-13-25-16)27-19-11-4-2-9-17(19)22(30)28(23(27)31)20-12-5-3-10-18(20)24/h2-13,15H,14H2,1H3,(H,26,29). The molecule has 0 bridgehead atoms. The molecule has 2 heterocycles. The average Bonchev–Trinajstić information content (AvgIpc) is 2.79. The van der Waals surface area contributed by atoms with Gasteiger partial charge in [-0.3, -0.25) is 19.1 Å². The Labute approximate surface area is 176 Å². The highest BCUT2D eigenvalue weighted by Crippen LogP contribution is 2.16. The van der Waals surface area contributed by atoms with E-state index in [0.717, 1.165) is 4.57 Å². The third-order valence-corrected chi connectivity index (χ3v) is 5.02. The zero-order valence-electron chi connectivity index (χ0n) is 16.7. The molecular formula is C23H19FN4O3. The minimum atomic E-state index is -0.959. The Balaban J connectivity index is 1.83. The first-order valence-corrected chi connectivity index (χ1v) is 9.68. The van der Waals surface area contributed by atoms with Gasteiger partial charge in [-0.15, -0.1) is 0 Å². The lowest BCUT2D eigenvalue weighted by molar-refractivity contribution is -0.124. The highest BCUT2D eigenvalue weighted by Gasteiger charge is 2.23. The van der Waals surface area contributed by atoms with Crippen molar-refractivity contribution in [2.45, 2.75) is 19.5 Å². The molecule has 0 fully saturated rings. The van der Waals surface area contributed by atoms with Crippen molar-refractivity contribution in [2.24, 2.45) is 0 Å². The Morgan fingerprint density at radius 3 is 2.48 bits per heavy atom. The molecule has 8 heteroatoms. The number of pyridine rings is 1. The number of aromatic nitrogens is 3. The first kappa shape index (κ1) is 20.2. The summed E-state index contributed by atoms with van der Waals surface area (Å²) < 4.78 is 16.4. The van der Waals surface area contributed by atoms with Gasteiger partial charge in [-0.05, 0) is 43.3 Å². The maximum Gasteiger partial charge on any atom is 0.336 e. The average molecular weight is 418 g/mol. The number of benzene rings is 2. The Bertz CT molecular complexity index is 1380. The van der Waals surface area contributed by atoms with Crippen molar-refractivity contribution in [2.75, 3.05) is 0 Å². The van der Waals surface area contributed by atoms with Gasteiger partial charge in [0.15, 0.2) is 0 Å². The molecule has 2 aromatic heterocycles. The van der Waals surface area contributed by atoms with Crippen LogP contribution in [0.2, 0.25) is 0 Å². The molecule has 1 amide bonds. The number of nitrogens with one attached hydrogen (secondary N) is 1. The normalized spacial score (nSPS) is 11.9. The van der Waals surface area contributed by atoms with E-state index in [1.54, 1.807) is 55.6 Å². The molecule has 31 heavy (non-hydrogen) atoms. The molecule has 1 N–H and O–H groups in total. The lowest BCUT2D eigenvalue weighted by atomic mass is 10.2. The fourth-order valence-corrected chi connectivity index (χ4v) is 3.45. The summed E-state index contributed by atoms with van der Waals surface area (Å²) in [5, 5.41) is 2.96. The van der Waals surface area contributed by atoms with Crippen molar-refractivity contribution in [3.8, 4) is 5.69 Å². The fourth-order valence-electron chi connectivity index (χ4n) is 3.45. The maximum atomic E-state index is 14.4. The van der Waals surface area contributed by atoms with Crippen LogP contribution < -0.4 is 16.6 Å². The lowest BCUT2D eigenvalue weighted by Gasteiger charge is -2.19. The first-order chi connectivity index (χ1) is 15.0. The van der Waals surface area contributed by atoms with Crippen molar-refractivity contribution >= 4 is 16.8 Å². The van der Waals surface area contributed by atoms with Crippen LogP contribution in [0.3, 0.4) is 0 Å². The van der Waals surface area contributed by atoms with E-state index in [-0.39, 0.29) is 17.6 Å². The molecule has 0 aliphatic rings. The molecule has 2 aromatic carbocycles. The minimum Gasteiger partial charge on any atom is -0.349 e. The van der Waals surface area contributed by atoms with E-state index >= 15 is 0 Å².